The second-order valence-electron chi connectivity index (χ2n) is 4.67. The Morgan fingerprint density at radius 2 is 2.20 bits per heavy atom. The van der Waals surface area contributed by atoms with Gasteiger partial charge in [0.1, 0.15) is 0 Å². The first kappa shape index (κ1) is 10.9. The molecule has 1 saturated heterocycles. The van der Waals surface area contributed by atoms with Crippen molar-refractivity contribution in [3.8, 4) is 0 Å². The van der Waals surface area contributed by atoms with E-state index < -0.39 is 0 Å². The first-order valence-electron chi connectivity index (χ1n) is 6.02. The van der Waals surface area contributed by atoms with Gasteiger partial charge in [-0.2, -0.15) is 0 Å². The number of amides is 1. The van der Waals surface area contributed by atoms with Gasteiger partial charge in [0, 0.05) is 19.1 Å². The van der Waals surface area contributed by atoms with Crippen molar-refractivity contribution in [1.82, 2.24) is 10.2 Å². The Balaban J connectivity index is 1.97. The zero-order valence-corrected chi connectivity index (χ0v) is 9.24. The van der Waals surface area contributed by atoms with Crippen LogP contribution in [0.5, 0.6) is 0 Å². The van der Waals surface area contributed by atoms with Crippen LogP contribution in [0.25, 0.3) is 0 Å². The summed E-state index contributed by atoms with van der Waals surface area (Å²) in [6, 6.07) is 0.551. The number of hydrogen-bond donors (Lipinski definition) is 2. The second kappa shape index (κ2) is 4.94. The van der Waals surface area contributed by atoms with Gasteiger partial charge in [-0.1, -0.05) is 12.8 Å². The molecule has 0 radical (unpaired) electrons. The summed E-state index contributed by atoms with van der Waals surface area (Å²) in [7, 11) is 0. The molecule has 0 bridgehead atoms. The number of piperazine rings is 1. The Kier molecular flexibility index (Phi) is 3.59. The van der Waals surface area contributed by atoms with Crippen LogP contribution in [-0.2, 0) is 4.79 Å². The number of rotatable bonds is 2. The number of carbonyl (C=O) groups excluding carboxylic acids is 1. The molecule has 4 nitrogen and oxygen atoms in total. The Morgan fingerprint density at radius 1 is 1.40 bits per heavy atom. The highest BCUT2D eigenvalue weighted by atomic mass is 16.2. The van der Waals surface area contributed by atoms with Crippen molar-refractivity contribution < 1.29 is 4.79 Å². The van der Waals surface area contributed by atoms with Crippen molar-refractivity contribution >= 4 is 5.91 Å². The molecular formula is C11H21N3O. The van der Waals surface area contributed by atoms with Crippen molar-refractivity contribution in [2.24, 2.45) is 11.7 Å². The van der Waals surface area contributed by atoms with Crippen LogP contribution >= 0.6 is 0 Å². The quantitative estimate of drug-likeness (QED) is 0.672. The average Bonchev–Trinajstić information content (AvgIpc) is 2.29. The molecule has 1 amide bonds. The fourth-order valence-electron chi connectivity index (χ4n) is 2.89. The van der Waals surface area contributed by atoms with Crippen molar-refractivity contribution in [2.75, 3.05) is 26.2 Å². The molecule has 4 heteroatoms. The molecule has 2 aliphatic rings. The van der Waals surface area contributed by atoms with E-state index in [1.165, 1.54) is 25.7 Å². The minimum atomic E-state index is 0.169. The number of hydrogen-bond acceptors (Lipinski definition) is 3. The number of carbonyl (C=O) groups is 1. The molecule has 1 heterocycles. The summed E-state index contributed by atoms with van der Waals surface area (Å²) in [6.07, 6.45) is 5.05. The molecule has 2 atom stereocenters. The summed E-state index contributed by atoms with van der Waals surface area (Å²) in [4.78, 5) is 13.7. The first-order chi connectivity index (χ1) is 7.31. The molecule has 2 unspecified atom stereocenters. The van der Waals surface area contributed by atoms with Gasteiger partial charge in [-0.15, -0.1) is 0 Å². The van der Waals surface area contributed by atoms with Crippen molar-refractivity contribution in [3.63, 3.8) is 0 Å². The summed E-state index contributed by atoms with van der Waals surface area (Å²) >= 11 is 0. The molecule has 1 aliphatic heterocycles. The smallest absolute Gasteiger partial charge is 0.234 e. The van der Waals surface area contributed by atoms with Crippen LogP contribution in [-0.4, -0.2) is 43.0 Å². The SMILES string of the molecule is NCC1CCCCC1N1CCNC(=O)C1. The van der Waals surface area contributed by atoms with Crippen LogP contribution in [0, 0.1) is 5.92 Å². The predicted octanol–water partition coefficient (Wildman–Crippen LogP) is -0.0643. The molecule has 2 fully saturated rings. The summed E-state index contributed by atoms with van der Waals surface area (Å²) in [5, 5.41) is 2.87. The Morgan fingerprint density at radius 3 is 2.93 bits per heavy atom. The largest absolute Gasteiger partial charge is 0.354 e. The Hall–Kier alpha value is -0.610. The summed E-state index contributed by atoms with van der Waals surface area (Å²) in [6.45, 7) is 3.13. The van der Waals surface area contributed by atoms with Crippen LogP contribution in [0.2, 0.25) is 0 Å². The van der Waals surface area contributed by atoms with Crippen LogP contribution in [0.4, 0.5) is 0 Å². The maximum atomic E-state index is 11.3. The maximum Gasteiger partial charge on any atom is 0.234 e. The van der Waals surface area contributed by atoms with Crippen LogP contribution in [0.15, 0.2) is 0 Å². The standard InChI is InChI=1S/C11H21N3O/c12-7-9-3-1-2-4-10(9)14-6-5-13-11(15)8-14/h9-10H,1-8,12H2,(H,13,15). The second-order valence-corrected chi connectivity index (χ2v) is 4.67. The molecule has 0 aromatic heterocycles. The van der Waals surface area contributed by atoms with Crippen molar-refractivity contribution in [1.29, 1.82) is 0 Å². The maximum absolute atomic E-state index is 11.3. The van der Waals surface area contributed by atoms with Crippen LogP contribution in [0.1, 0.15) is 25.7 Å². The third-order valence-corrected chi connectivity index (χ3v) is 3.71. The molecule has 0 spiro atoms. The molecule has 2 rings (SSSR count). The fraction of sp³-hybridized carbons (Fsp3) is 0.909. The zero-order valence-electron chi connectivity index (χ0n) is 9.24. The van der Waals surface area contributed by atoms with Gasteiger partial charge in [-0.05, 0) is 25.3 Å². The molecule has 3 N–H and O–H groups in total. The fourth-order valence-corrected chi connectivity index (χ4v) is 2.89. The van der Waals surface area contributed by atoms with Gasteiger partial charge in [-0.3, -0.25) is 9.69 Å². The molecule has 0 aromatic carbocycles. The number of nitrogens with two attached hydrogens (primary N) is 1. The van der Waals surface area contributed by atoms with E-state index in [9.17, 15) is 4.79 Å². The van der Waals surface area contributed by atoms with E-state index >= 15 is 0 Å². The number of nitrogens with zero attached hydrogens (tertiary/aromatic N) is 1. The normalized spacial score (nSPS) is 33.8. The number of nitrogens with one attached hydrogen (secondary N) is 1. The van der Waals surface area contributed by atoms with E-state index in [2.05, 4.69) is 10.2 Å². The zero-order chi connectivity index (χ0) is 10.7. The molecule has 1 saturated carbocycles. The molecule has 86 valence electrons. The highest BCUT2D eigenvalue weighted by molar-refractivity contribution is 5.78. The van der Waals surface area contributed by atoms with Gasteiger partial charge in [0.25, 0.3) is 0 Å². The Labute approximate surface area is 91.2 Å². The van der Waals surface area contributed by atoms with E-state index in [0.29, 0.717) is 18.5 Å². The summed E-state index contributed by atoms with van der Waals surface area (Å²) in [5.41, 5.74) is 5.81. The minimum Gasteiger partial charge on any atom is -0.354 e. The Bertz CT molecular complexity index is 232. The van der Waals surface area contributed by atoms with Crippen LogP contribution < -0.4 is 11.1 Å². The third-order valence-electron chi connectivity index (χ3n) is 3.71. The lowest BCUT2D eigenvalue weighted by molar-refractivity contribution is -0.125. The highest BCUT2D eigenvalue weighted by Gasteiger charge is 2.31. The lowest BCUT2D eigenvalue weighted by atomic mass is 9.83. The van der Waals surface area contributed by atoms with Gasteiger partial charge >= 0.3 is 0 Å². The topological polar surface area (TPSA) is 58.4 Å². The van der Waals surface area contributed by atoms with E-state index in [0.717, 1.165) is 19.6 Å². The van der Waals surface area contributed by atoms with Gasteiger partial charge in [-0.25, -0.2) is 0 Å². The monoisotopic (exact) mass is 211 g/mol. The predicted molar refractivity (Wildman–Crippen MR) is 59.4 cm³/mol. The highest BCUT2D eigenvalue weighted by Crippen LogP contribution is 2.27. The van der Waals surface area contributed by atoms with E-state index in [1.807, 2.05) is 0 Å². The third kappa shape index (κ3) is 2.49. The minimum absolute atomic E-state index is 0.169. The molecular weight excluding hydrogens is 190 g/mol. The molecule has 1 aliphatic carbocycles. The average molecular weight is 211 g/mol. The van der Waals surface area contributed by atoms with Gasteiger partial charge < -0.3 is 11.1 Å². The molecule has 15 heavy (non-hydrogen) atoms. The lowest BCUT2D eigenvalue weighted by Crippen LogP contribution is -2.55. The van der Waals surface area contributed by atoms with Gasteiger partial charge in [0.05, 0.1) is 6.54 Å². The van der Waals surface area contributed by atoms with E-state index in [-0.39, 0.29) is 5.91 Å². The molecule has 0 aromatic rings. The van der Waals surface area contributed by atoms with Crippen molar-refractivity contribution in [3.05, 3.63) is 0 Å². The van der Waals surface area contributed by atoms with Gasteiger partial charge in [0.2, 0.25) is 5.91 Å². The van der Waals surface area contributed by atoms with Gasteiger partial charge in [0.15, 0.2) is 0 Å². The summed E-state index contributed by atoms with van der Waals surface area (Å²) in [5.74, 6) is 0.771. The van der Waals surface area contributed by atoms with E-state index in [1.54, 1.807) is 0 Å². The van der Waals surface area contributed by atoms with E-state index in [4.69, 9.17) is 5.73 Å². The first-order valence-corrected chi connectivity index (χ1v) is 6.02. The lowest BCUT2D eigenvalue weighted by Gasteiger charge is -2.41. The summed E-state index contributed by atoms with van der Waals surface area (Å²) < 4.78 is 0. The van der Waals surface area contributed by atoms with Crippen LogP contribution in [0.3, 0.4) is 0 Å². The van der Waals surface area contributed by atoms with Crippen molar-refractivity contribution in [2.45, 2.75) is 31.7 Å².